The van der Waals surface area contributed by atoms with Gasteiger partial charge < -0.3 is 16.0 Å². The van der Waals surface area contributed by atoms with Gasteiger partial charge in [-0.25, -0.2) is 0 Å². The van der Waals surface area contributed by atoms with Crippen molar-refractivity contribution < 1.29 is 0 Å². The first-order valence-corrected chi connectivity index (χ1v) is 8.35. The Bertz CT molecular complexity index is 275. The van der Waals surface area contributed by atoms with Gasteiger partial charge in [-0.15, -0.1) is 24.0 Å². The van der Waals surface area contributed by atoms with Gasteiger partial charge >= 0.3 is 0 Å². The molecule has 0 aromatic carbocycles. The van der Waals surface area contributed by atoms with Gasteiger partial charge in [0.15, 0.2) is 5.96 Å². The predicted octanol–water partition coefficient (Wildman–Crippen LogP) is 3.21. The van der Waals surface area contributed by atoms with Crippen molar-refractivity contribution in [3.05, 3.63) is 0 Å². The Kier molecular flexibility index (Phi) is 12.5. The summed E-state index contributed by atoms with van der Waals surface area (Å²) in [6, 6.07) is 0.560. The van der Waals surface area contributed by atoms with Gasteiger partial charge in [0.25, 0.3) is 0 Å². The highest BCUT2D eigenvalue weighted by molar-refractivity contribution is 14.0. The number of nitrogens with zero attached hydrogens (tertiary/aromatic N) is 2. The molecule has 0 aromatic heterocycles. The minimum Gasteiger partial charge on any atom is -0.370 e. The number of guanidine groups is 1. The number of likely N-dealkylation sites (N-methyl/N-ethyl adjacent to an activating group) is 1. The molecule has 0 aliphatic heterocycles. The highest BCUT2D eigenvalue weighted by atomic mass is 127. The van der Waals surface area contributed by atoms with E-state index in [-0.39, 0.29) is 24.0 Å². The van der Waals surface area contributed by atoms with Gasteiger partial charge in [0, 0.05) is 12.6 Å². The lowest BCUT2D eigenvalue weighted by Crippen LogP contribution is -2.37. The third-order valence-electron chi connectivity index (χ3n) is 4.11. The lowest BCUT2D eigenvalue weighted by atomic mass is 10.1. The molecule has 0 amide bonds. The first kappa shape index (κ1) is 21.0. The summed E-state index contributed by atoms with van der Waals surface area (Å²) in [4.78, 5) is 6.78. The lowest BCUT2D eigenvalue weighted by molar-refractivity contribution is 0.271. The van der Waals surface area contributed by atoms with Crippen LogP contribution in [0.5, 0.6) is 0 Å². The zero-order valence-corrected chi connectivity index (χ0v) is 16.4. The van der Waals surface area contributed by atoms with Crippen LogP contribution in [-0.2, 0) is 0 Å². The number of rotatable bonds is 11. The number of nitrogens with one attached hydrogen (secondary N) is 1. The average Bonchev–Trinajstić information content (AvgIpc) is 3.22. The van der Waals surface area contributed by atoms with Gasteiger partial charge in [-0.05, 0) is 39.3 Å². The monoisotopic (exact) mass is 410 g/mol. The molecule has 1 fully saturated rings. The molecular formula is C16H35IN4. The zero-order chi connectivity index (χ0) is 14.8. The maximum Gasteiger partial charge on any atom is 0.188 e. The third-order valence-corrected chi connectivity index (χ3v) is 4.11. The standard InChI is InChI=1S/C16H34N4.HI/c1-4-5-6-7-8-9-12-18-16(17)19-13-15(20(2)3)14-10-11-14;/h14-15H,4-13H2,1-3H3,(H3,17,18,19);1H. The molecule has 0 radical (unpaired) electrons. The molecule has 3 N–H and O–H groups in total. The Morgan fingerprint density at radius 3 is 2.38 bits per heavy atom. The van der Waals surface area contributed by atoms with Crippen LogP contribution in [0, 0.1) is 5.92 Å². The molecule has 1 unspecified atom stereocenters. The number of nitrogens with two attached hydrogens (primary N) is 1. The van der Waals surface area contributed by atoms with E-state index in [1.807, 2.05) is 0 Å². The van der Waals surface area contributed by atoms with Gasteiger partial charge in [0.2, 0.25) is 0 Å². The molecule has 0 aromatic rings. The van der Waals surface area contributed by atoms with E-state index in [4.69, 9.17) is 5.73 Å². The van der Waals surface area contributed by atoms with E-state index < -0.39 is 0 Å². The first-order valence-electron chi connectivity index (χ1n) is 8.35. The molecule has 126 valence electrons. The molecule has 1 aliphatic rings. The van der Waals surface area contributed by atoms with Gasteiger partial charge in [-0.2, -0.15) is 0 Å². The van der Waals surface area contributed by atoms with Crippen molar-refractivity contribution in [3.8, 4) is 0 Å². The summed E-state index contributed by atoms with van der Waals surface area (Å²) >= 11 is 0. The molecule has 4 nitrogen and oxygen atoms in total. The number of unbranched alkanes of at least 4 members (excludes halogenated alkanes) is 5. The van der Waals surface area contributed by atoms with E-state index in [1.54, 1.807) is 0 Å². The van der Waals surface area contributed by atoms with Crippen LogP contribution in [0.4, 0.5) is 0 Å². The Labute approximate surface area is 148 Å². The topological polar surface area (TPSA) is 53.6 Å². The van der Waals surface area contributed by atoms with Crippen molar-refractivity contribution in [1.29, 1.82) is 0 Å². The average molecular weight is 410 g/mol. The normalized spacial score (nSPS) is 16.7. The van der Waals surface area contributed by atoms with Crippen LogP contribution in [0.1, 0.15) is 58.3 Å². The summed E-state index contributed by atoms with van der Waals surface area (Å²) in [5, 5.41) is 3.24. The molecule has 0 spiro atoms. The van der Waals surface area contributed by atoms with Crippen LogP contribution >= 0.6 is 24.0 Å². The Morgan fingerprint density at radius 2 is 1.81 bits per heavy atom. The zero-order valence-electron chi connectivity index (χ0n) is 14.1. The van der Waals surface area contributed by atoms with Gasteiger partial charge in [0.1, 0.15) is 0 Å². The SMILES string of the molecule is CCCCCCCCNC(N)=NCC(C1CC1)N(C)C.I. The Hall–Kier alpha value is -0.0400. The molecular weight excluding hydrogens is 375 g/mol. The van der Waals surface area contributed by atoms with Crippen LogP contribution < -0.4 is 11.1 Å². The van der Waals surface area contributed by atoms with Crippen molar-refractivity contribution >= 4 is 29.9 Å². The maximum atomic E-state index is 5.93. The molecule has 1 saturated carbocycles. The lowest BCUT2D eigenvalue weighted by Gasteiger charge is -2.22. The highest BCUT2D eigenvalue weighted by Gasteiger charge is 2.32. The Morgan fingerprint density at radius 1 is 1.19 bits per heavy atom. The third kappa shape index (κ3) is 10.3. The van der Waals surface area contributed by atoms with Crippen LogP contribution in [0.25, 0.3) is 0 Å². The van der Waals surface area contributed by atoms with Crippen LogP contribution in [0.15, 0.2) is 4.99 Å². The summed E-state index contributed by atoms with van der Waals surface area (Å²) in [7, 11) is 4.27. The fraction of sp³-hybridized carbons (Fsp3) is 0.938. The van der Waals surface area contributed by atoms with Crippen LogP contribution in [-0.4, -0.2) is 44.1 Å². The second-order valence-electron chi connectivity index (χ2n) is 6.29. The highest BCUT2D eigenvalue weighted by Crippen LogP contribution is 2.34. The molecule has 1 aliphatic carbocycles. The number of hydrogen-bond donors (Lipinski definition) is 2. The van der Waals surface area contributed by atoms with E-state index >= 15 is 0 Å². The van der Waals surface area contributed by atoms with Crippen LogP contribution in [0.2, 0.25) is 0 Å². The van der Waals surface area contributed by atoms with Crippen molar-refractivity contribution in [3.63, 3.8) is 0 Å². The molecule has 1 atom stereocenters. The molecule has 0 saturated heterocycles. The quantitative estimate of drug-likeness (QED) is 0.238. The first-order chi connectivity index (χ1) is 9.65. The molecule has 5 heteroatoms. The van der Waals surface area contributed by atoms with E-state index in [1.165, 1.54) is 51.4 Å². The minimum atomic E-state index is 0. The van der Waals surface area contributed by atoms with E-state index in [0.29, 0.717) is 12.0 Å². The van der Waals surface area contributed by atoms with E-state index in [9.17, 15) is 0 Å². The Balaban J connectivity index is 0.00000400. The summed E-state index contributed by atoms with van der Waals surface area (Å²) in [6.45, 7) is 4.03. The summed E-state index contributed by atoms with van der Waals surface area (Å²) in [5.41, 5.74) is 5.93. The van der Waals surface area contributed by atoms with E-state index in [0.717, 1.165) is 19.0 Å². The smallest absolute Gasteiger partial charge is 0.188 e. The minimum absolute atomic E-state index is 0. The summed E-state index contributed by atoms with van der Waals surface area (Å²) in [5.74, 6) is 1.45. The fourth-order valence-corrected chi connectivity index (χ4v) is 2.58. The van der Waals surface area contributed by atoms with Gasteiger partial charge in [-0.3, -0.25) is 4.99 Å². The van der Waals surface area contributed by atoms with E-state index in [2.05, 4.69) is 36.2 Å². The van der Waals surface area contributed by atoms with Crippen molar-refractivity contribution in [1.82, 2.24) is 10.2 Å². The molecule has 0 bridgehead atoms. The maximum absolute atomic E-state index is 5.93. The van der Waals surface area contributed by atoms with Crippen molar-refractivity contribution in [2.45, 2.75) is 64.3 Å². The van der Waals surface area contributed by atoms with Gasteiger partial charge in [-0.1, -0.05) is 39.0 Å². The predicted molar refractivity (Wildman–Crippen MR) is 103 cm³/mol. The second kappa shape index (κ2) is 12.5. The molecule has 0 heterocycles. The summed E-state index contributed by atoms with van der Waals surface area (Å²) < 4.78 is 0. The molecule has 1 rings (SSSR count). The van der Waals surface area contributed by atoms with Crippen molar-refractivity contribution in [2.75, 3.05) is 27.2 Å². The fourth-order valence-electron chi connectivity index (χ4n) is 2.58. The molecule has 21 heavy (non-hydrogen) atoms. The number of hydrogen-bond acceptors (Lipinski definition) is 2. The van der Waals surface area contributed by atoms with Crippen molar-refractivity contribution in [2.24, 2.45) is 16.6 Å². The number of aliphatic imine (C=N–C) groups is 1. The van der Waals surface area contributed by atoms with Crippen LogP contribution in [0.3, 0.4) is 0 Å². The number of halogens is 1. The summed E-state index contributed by atoms with van der Waals surface area (Å²) in [6.07, 6.45) is 10.6. The largest absolute Gasteiger partial charge is 0.370 e. The van der Waals surface area contributed by atoms with Gasteiger partial charge in [0.05, 0.1) is 6.54 Å². The second-order valence-corrected chi connectivity index (χ2v) is 6.29.